The maximum absolute atomic E-state index is 12.3. The van der Waals surface area contributed by atoms with E-state index in [9.17, 15) is 4.79 Å². The van der Waals surface area contributed by atoms with E-state index in [0.717, 1.165) is 10.6 Å². The molecule has 1 aliphatic heterocycles. The van der Waals surface area contributed by atoms with Gasteiger partial charge in [0.15, 0.2) is 0 Å². The third kappa shape index (κ3) is 3.90. The number of hydrogen-bond acceptors (Lipinski definition) is 4. The van der Waals surface area contributed by atoms with Crippen LogP contribution < -0.4 is 4.74 Å². The van der Waals surface area contributed by atoms with Gasteiger partial charge in [-0.1, -0.05) is 13.8 Å². The average Bonchev–Trinajstić information content (AvgIpc) is 2.61. The molecule has 0 radical (unpaired) electrons. The average molecular weight is 311 g/mol. The van der Waals surface area contributed by atoms with Crippen LogP contribution in [0.3, 0.4) is 0 Å². The summed E-state index contributed by atoms with van der Waals surface area (Å²) in [5.41, 5.74) is 0.752. The maximum atomic E-state index is 12.3. The minimum Gasteiger partial charge on any atom is -0.487 e. The van der Waals surface area contributed by atoms with Gasteiger partial charge in [-0.25, -0.2) is 4.79 Å². The Labute approximate surface area is 131 Å². The van der Waals surface area contributed by atoms with Gasteiger partial charge < -0.3 is 9.47 Å². The Kier molecular flexibility index (Phi) is 4.51. The number of ether oxygens (including phenoxy) is 2. The van der Waals surface area contributed by atoms with Crippen molar-refractivity contribution in [2.45, 2.75) is 65.7 Å². The molecule has 1 aromatic rings. The molecule has 0 bridgehead atoms. The molecule has 21 heavy (non-hydrogen) atoms. The van der Waals surface area contributed by atoms with Crippen LogP contribution in [0, 0.1) is 0 Å². The van der Waals surface area contributed by atoms with Crippen molar-refractivity contribution in [2.24, 2.45) is 0 Å². The molecule has 0 N–H and O–H groups in total. The van der Waals surface area contributed by atoms with Gasteiger partial charge in [-0.2, -0.15) is 0 Å². The SMILES string of the molecule is CC(C)c1csc2c1O[C@@H](C)CN(C(=O)OC(C)(C)C)C2. The third-order valence-corrected chi connectivity index (χ3v) is 4.22. The van der Waals surface area contributed by atoms with Gasteiger partial charge in [-0.15, -0.1) is 11.3 Å². The lowest BCUT2D eigenvalue weighted by Crippen LogP contribution is -2.39. The van der Waals surface area contributed by atoms with Crippen molar-refractivity contribution < 1.29 is 14.3 Å². The largest absolute Gasteiger partial charge is 0.487 e. The predicted molar refractivity (Wildman–Crippen MR) is 85.1 cm³/mol. The minimum atomic E-state index is -0.477. The van der Waals surface area contributed by atoms with E-state index in [1.54, 1.807) is 16.2 Å². The van der Waals surface area contributed by atoms with Crippen LogP contribution >= 0.6 is 11.3 Å². The first-order valence-corrected chi connectivity index (χ1v) is 8.30. The first-order chi connectivity index (χ1) is 9.67. The van der Waals surface area contributed by atoms with Crippen molar-refractivity contribution in [1.29, 1.82) is 0 Å². The number of carbonyl (C=O) groups excluding carboxylic acids is 1. The van der Waals surface area contributed by atoms with E-state index < -0.39 is 5.60 Å². The van der Waals surface area contributed by atoms with Gasteiger partial charge in [-0.05, 0) is 39.0 Å². The minimum absolute atomic E-state index is 0.0362. The van der Waals surface area contributed by atoms with E-state index in [2.05, 4.69) is 19.2 Å². The van der Waals surface area contributed by atoms with E-state index >= 15 is 0 Å². The van der Waals surface area contributed by atoms with Crippen LogP contribution in [0.4, 0.5) is 4.79 Å². The lowest BCUT2D eigenvalue weighted by molar-refractivity contribution is 0.0189. The monoisotopic (exact) mass is 311 g/mol. The van der Waals surface area contributed by atoms with Gasteiger partial charge in [0.25, 0.3) is 0 Å². The Morgan fingerprint density at radius 3 is 2.71 bits per heavy atom. The van der Waals surface area contributed by atoms with E-state index in [-0.39, 0.29) is 12.2 Å². The molecule has 0 fully saturated rings. The maximum Gasteiger partial charge on any atom is 0.410 e. The molecule has 0 spiro atoms. The zero-order valence-electron chi connectivity index (χ0n) is 13.7. The van der Waals surface area contributed by atoms with Crippen molar-refractivity contribution >= 4 is 17.4 Å². The van der Waals surface area contributed by atoms with Gasteiger partial charge in [0.2, 0.25) is 0 Å². The fourth-order valence-electron chi connectivity index (χ4n) is 2.30. The van der Waals surface area contributed by atoms with Crippen LogP contribution in [0.2, 0.25) is 0 Å². The number of carbonyl (C=O) groups is 1. The molecule has 0 saturated carbocycles. The Morgan fingerprint density at radius 2 is 2.14 bits per heavy atom. The van der Waals surface area contributed by atoms with Crippen molar-refractivity contribution in [3.8, 4) is 5.75 Å². The highest BCUT2D eigenvalue weighted by Crippen LogP contribution is 2.38. The number of thiophene rings is 1. The number of fused-ring (bicyclic) bond motifs is 1. The first kappa shape index (κ1) is 16.1. The highest BCUT2D eigenvalue weighted by Gasteiger charge is 2.30. The van der Waals surface area contributed by atoms with Gasteiger partial charge in [0.05, 0.1) is 18.0 Å². The molecule has 1 aromatic heterocycles. The fourth-order valence-corrected chi connectivity index (χ4v) is 3.45. The molecule has 0 saturated heterocycles. The van der Waals surface area contributed by atoms with Crippen molar-refractivity contribution in [2.75, 3.05) is 6.54 Å². The van der Waals surface area contributed by atoms with Gasteiger partial charge in [0, 0.05) is 5.56 Å². The molecule has 1 aliphatic rings. The van der Waals surface area contributed by atoms with Crippen LogP contribution in [0.25, 0.3) is 0 Å². The Bertz CT molecular complexity index is 516. The molecule has 4 nitrogen and oxygen atoms in total. The third-order valence-electron chi connectivity index (χ3n) is 3.25. The second-order valence-corrected chi connectivity index (χ2v) is 7.85. The topological polar surface area (TPSA) is 38.8 Å². The highest BCUT2D eigenvalue weighted by molar-refractivity contribution is 7.10. The van der Waals surface area contributed by atoms with Crippen LogP contribution in [-0.4, -0.2) is 29.2 Å². The molecule has 1 amide bonds. The molecular formula is C16H25NO3S. The molecule has 0 unspecified atom stereocenters. The van der Waals surface area contributed by atoms with Crippen LogP contribution in [-0.2, 0) is 11.3 Å². The standard InChI is InChI=1S/C16H25NO3S/c1-10(2)12-9-21-13-8-17(7-11(3)19-14(12)13)15(18)20-16(4,5)6/h9-11H,7-8H2,1-6H3/t11-/m0/s1. The van der Waals surface area contributed by atoms with Crippen LogP contribution in [0.1, 0.15) is 57.9 Å². The normalized spacial score (nSPS) is 19.0. The van der Waals surface area contributed by atoms with Crippen LogP contribution in [0.15, 0.2) is 5.38 Å². The molecule has 0 aliphatic carbocycles. The molecule has 118 valence electrons. The number of hydrogen-bond donors (Lipinski definition) is 0. The molecule has 5 heteroatoms. The van der Waals surface area contributed by atoms with Crippen molar-refractivity contribution in [3.63, 3.8) is 0 Å². The summed E-state index contributed by atoms with van der Waals surface area (Å²) in [7, 11) is 0. The molecular weight excluding hydrogens is 286 g/mol. The summed E-state index contributed by atoms with van der Waals surface area (Å²) in [6, 6.07) is 0. The highest BCUT2D eigenvalue weighted by atomic mass is 32.1. The van der Waals surface area contributed by atoms with Gasteiger partial charge in [0.1, 0.15) is 17.5 Å². The Hall–Kier alpha value is -1.23. The molecule has 2 heterocycles. The quantitative estimate of drug-likeness (QED) is 0.772. The molecule has 2 rings (SSSR count). The number of amides is 1. The van der Waals surface area contributed by atoms with Gasteiger partial charge in [-0.3, -0.25) is 4.90 Å². The molecule has 1 atom stereocenters. The number of nitrogens with zero attached hydrogens (tertiary/aromatic N) is 1. The van der Waals surface area contributed by atoms with E-state index in [1.165, 1.54) is 5.56 Å². The summed E-state index contributed by atoms with van der Waals surface area (Å²) in [4.78, 5) is 15.2. The van der Waals surface area contributed by atoms with Crippen molar-refractivity contribution in [1.82, 2.24) is 4.90 Å². The summed E-state index contributed by atoms with van der Waals surface area (Å²) in [6.45, 7) is 13.1. The second kappa shape index (κ2) is 5.87. The van der Waals surface area contributed by atoms with Gasteiger partial charge >= 0.3 is 6.09 Å². The first-order valence-electron chi connectivity index (χ1n) is 7.42. The Balaban J connectivity index is 2.22. The fraction of sp³-hybridized carbons (Fsp3) is 0.688. The summed E-state index contributed by atoms with van der Waals surface area (Å²) < 4.78 is 11.5. The summed E-state index contributed by atoms with van der Waals surface area (Å²) in [5.74, 6) is 1.39. The smallest absolute Gasteiger partial charge is 0.410 e. The molecule has 0 aromatic carbocycles. The lowest BCUT2D eigenvalue weighted by Gasteiger charge is -2.27. The zero-order valence-corrected chi connectivity index (χ0v) is 14.5. The summed E-state index contributed by atoms with van der Waals surface area (Å²) in [6.07, 6.45) is -0.309. The summed E-state index contributed by atoms with van der Waals surface area (Å²) in [5, 5.41) is 2.14. The Morgan fingerprint density at radius 1 is 1.48 bits per heavy atom. The second-order valence-electron chi connectivity index (χ2n) is 6.89. The van der Waals surface area contributed by atoms with E-state index in [0.29, 0.717) is 19.0 Å². The van der Waals surface area contributed by atoms with E-state index in [1.807, 2.05) is 27.7 Å². The zero-order chi connectivity index (χ0) is 15.8. The summed E-state index contributed by atoms with van der Waals surface area (Å²) >= 11 is 1.66. The van der Waals surface area contributed by atoms with Crippen LogP contribution in [0.5, 0.6) is 5.75 Å². The van der Waals surface area contributed by atoms with E-state index in [4.69, 9.17) is 9.47 Å². The van der Waals surface area contributed by atoms with Crippen molar-refractivity contribution in [3.05, 3.63) is 15.8 Å². The predicted octanol–water partition coefficient (Wildman–Crippen LogP) is 4.39. The lowest BCUT2D eigenvalue weighted by atomic mass is 10.1. The number of rotatable bonds is 1.